The molecule has 1 atom stereocenters. The number of rotatable bonds is 4. The molecule has 2 saturated heterocycles. The molecule has 0 saturated carbocycles. The minimum Gasteiger partial charge on any atom is -0.352 e. The van der Waals surface area contributed by atoms with E-state index in [1.165, 1.54) is 16.3 Å². The molecule has 2 aromatic rings. The Kier molecular flexibility index (Phi) is 4.72. The van der Waals surface area contributed by atoms with Gasteiger partial charge in [-0.2, -0.15) is 0 Å². The fourth-order valence-electron chi connectivity index (χ4n) is 4.17. The number of carbonyl (C=O) groups is 1. The highest BCUT2D eigenvalue weighted by Gasteiger charge is 2.47. The first-order chi connectivity index (χ1) is 12.5. The third-order valence-electron chi connectivity index (χ3n) is 6.30. The Balaban J connectivity index is 1.41. The first-order valence-electron chi connectivity index (χ1n) is 9.77. The van der Waals surface area contributed by atoms with Crippen LogP contribution in [0.5, 0.6) is 0 Å². The van der Waals surface area contributed by atoms with E-state index in [4.69, 9.17) is 0 Å². The van der Waals surface area contributed by atoms with Crippen LogP contribution < -0.4 is 5.32 Å². The van der Waals surface area contributed by atoms with E-state index in [1.807, 2.05) is 0 Å². The predicted octanol–water partition coefficient (Wildman–Crippen LogP) is 3.01. The molecule has 0 radical (unpaired) electrons. The molecule has 0 aromatic heterocycles. The van der Waals surface area contributed by atoms with Crippen molar-refractivity contribution in [3.63, 3.8) is 0 Å². The highest BCUT2D eigenvalue weighted by atomic mass is 16.2. The molecule has 0 spiro atoms. The fourth-order valence-corrected chi connectivity index (χ4v) is 4.17. The molecule has 4 nitrogen and oxygen atoms in total. The van der Waals surface area contributed by atoms with Crippen molar-refractivity contribution in [2.45, 2.75) is 44.3 Å². The van der Waals surface area contributed by atoms with Crippen LogP contribution in [-0.2, 0) is 11.3 Å². The van der Waals surface area contributed by atoms with Gasteiger partial charge in [0.1, 0.15) is 0 Å². The van der Waals surface area contributed by atoms with Gasteiger partial charge >= 0.3 is 0 Å². The van der Waals surface area contributed by atoms with E-state index in [9.17, 15) is 4.79 Å². The number of benzene rings is 2. The van der Waals surface area contributed by atoms with Gasteiger partial charge in [-0.1, -0.05) is 36.4 Å². The second-order valence-corrected chi connectivity index (χ2v) is 8.18. The van der Waals surface area contributed by atoms with Crippen LogP contribution >= 0.6 is 0 Å². The molecule has 4 heteroatoms. The average Bonchev–Trinajstić information content (AvgIpc) is 2.66. The molecule has 2 aliphatic heterocycles. The molecule has 0 bridgehead atoms. The van der Waals surface area contributed by atoms with E-state index in [0.29, 0.717) is 6.04 Å². The van der Waals surface area contributed by atoms with Gasteiger partial charge in [-0.3, -0.25) is 9.69 Å². The maximum atomic E-state index is 12.9. The zero-order valence-electron chi connectivity index (χ0n) is 15.9. The van der Waals surface area contributed by atoms with Gasteiger partial charge in [-0.25, -0.2) is 0 Å². The van der Waals surface area contributed by atoms with E-state index in [-0.39, 0.29) is 11.4 Å². The second-order valence-electron chi connectivity index (χ2n) is 8.18. The topological polar surface area (TPSA) is 35.6 Å². The summed E-state index contributed by atoms with van der Waals surface area (Å²) < 4.78 is 0. The highest BCUT2D eigenvalue weighted by molar-refractivity contribution is 5.87. The molecule has 1 unspecified atom stereocenters. The molecule has 2 aliphatic rings. The van der Waals surface area contributed by atoms with E-state index in [0.717, 1.165) is 45.4 Å². The number of piperidine rings is 1. The lowest BCUT2D eigenvalue weighted by molar-refractivity contribution is -0.143. The van der Waals surface area contributed by atoms with Crippen LogP contribution in [-0.4, -0.2) is 54.0 Å². The summed E-state index contributed by atoms with van der Waals surface area (Å²) in [7, 11) is 2.15. The van der Waals surface area contributed by atoms with Crippen LogP contribution in [0.4, 0.5) is 0 Å². The lowest BCUT2D eigenvalue weighted by atomic mass is 9.84. The summed E-state index contributed by atoms with van der Waals surface area (Å²) in [6.45, 7) is 6.07. The molecule has 1 amide bonds. The van der Waals surface area contributed by atoms with Crippen LogP contribution in [0.25, 0.3) is 10.8 Å². The monoisotopic (exact) mass is 351 g/mol. The summed E-state index contributed by atoms with van der Waals surface area (Å²) in [4.78, 5) is 17.6. The lowest BCUT2D eigenvalue weighted by Crippen LogP contribution is -2.66. The summed E-state index contributed by atoms with van der Waals surface area (Å²) in [5, 5.41) is 5.85. The van der Waals surface area contributed by atoms with Gasteiger partial charge in [0.2, 0.25) is 5.91 Å². The number of hydrogen-bond donors (Lipinski definition) is 1. The molecule has 2 fully saturated rings. The lowest BCUT2D eigenvalue weighted by Gasteiger charge is -2.50. The molecule has 2 heterocycles. The van der Waals surface area contributed by atoms with Crippen LogP contribution in [0.2, 0.25) is 0 Å². The van der Waals surface area contributed by atoms with Gasteiger partial charge in [0, 0.05) is 19.1 Å². The van der Waals surface area contributed by atoms with Crippen molar-refractivity contribution in [1.29, 1.82) is 0 Å². The summed E-state index contributed by atoms with van der Waals surface area (Å²) in [6, 6.07) is 15.4. The van der Waals surface area contributed by atoms with Crippen LogP contribution in [0.1, 0.15) is 31.7 Å². The second kappa shape index (κ2) is 7.01. The number of carbonyl (C=O) groups excluding carboxylic acids is 1. The fraction of sp³-hybridized carbons (Fsp3) is 0.500. The van der Waals surface area contributed by atoms with Gasteiger partial charge in [0.25, 0.3) is 0 Å². The number of nitrogens with one attached hydrogen (secondary N) is 1. The largest absolute Gasteiger partial charge is 0.352 e. The van der Waals surface area contributed by atoms with Crippen LogP contribution in [0, 0.1) is 0 Å². The minimum absolute atomic E-state index is 0.207. The van der Waals surface area contributed by atoms with E-state index in [1.54, 1.807) is 0 Å². The number of hydrogen-bond acceptors (Lipinski definition) is 3. The van der Waals surface area contributed by atoms with Crippen molar-refractivity contribution in [3.05, 3.63) is 48.0 Å². The third-order valence-corrected chi connectivity index (χ3v) is 6.30. The van der Waals surface area contributed by atoms with Crippen LogP contribution in [0.15, 0.2) is 42.5 Å². The Morgan fingerprint density at radius 3 is 2.54 bits per heavy atom. The number of amides is 1. The molecule has 4 rings (SSSR count). The Hall–Kier alpha value is -1.91. The van der Waals surface area contributed by atoms with Crippen molar-refractivity contribution in [2.24, 2.45) is 0 Å². The SMILES string of the molecule is CN1CCC(NC(=O)C2(C)CCN2Cc2ccc3ccccc3c2)CC1. The summed E-state index contributed by atoms with van der Waals surface area (Å²) in [6.07, 6.45) is 3.06. The molecule has 26 heavy (non-hydrogen) atoms. The highest BCUT2D eigenvalue weighted by Crippen LogP contribution is 2.33. The van der Waals surface area contributed by atoms with E-state index >= 15 is 0 Å². The number of nitrogens with zero attached hydrogens (tertiary/aromatic N) is 2. The Labute approximate surface area is 156 Å². The van der Waals surface area contributed by atoms with Gasteiger partial charge in [-0.15, -0.1) is 0 Å². The van der Waals surface area contributed by atoms with Crippen LogP contribution in [0.3, 0.4) is 0 Å². The molecule has 138 valence electrons. The Bertz CT molecular complexity index is 797. The summed E-state index contributed by atoms with van der Waals surface area (Å²) >= 11 is 0. The van der Waals surface area contributed by atoms with Crippen molar-refractivity contribution < 1.29 is 4.79 Å². The molecular formula is C22H29N3O. The first kappa shape index (κ1) is 17.5. The summed E-state index contributed by atoms with van der Waals surface area (Å²) in [5.74, 6) is 0.207. The predicted molar refractivity (Wildman–Crippen MR) is 106 cm³/mol. The molecule has 2 aromatic carbocycles. The maximum Gasteiger partial charge on any atom is 0.240 e. The maximum absolute atomic E-state index is 12.9. The molecular weight excluding hydrogens is 322 g/mol. The van der Waals surface area contributed by atoms with E-state index < -0.39 is 0 Å². The average molecular weight is 351 g/mol. The minimum atomic E-state index is -0.366. The van der Waals surface area contributed by atoms with Crippen molar-refractivity contribution in [1.82, 2.24) is 15.1 Å². The Morgan fingerprint density at radius 2 is 1.85 bits per heavy atom. The van der Waals surface area contributed by atoms with Gasteiger partial charge in [0.05, 0.1) is 5.54 Å². The normalized spacial score (nSPS) is 25.2. The zero-order chi connectivity index (χ0) is 18.1. The molecule has 0 aliphatic carbocycles. The van der Waals surface area contributed by atoms with Crippen molar-refractivity contribution >= 4 is 16.7 Å². The quantitative estimate of drug-likeness (QED) is 0.920. The van der Waals surface area contributed by atoms with Gasteiger partial charge in [0.15, 0.2) is 0 Å². The van der Waals surface area contributed by atoms with Gasteiger partial charge < -0.3 is 10.2 Å². The van der Waals surface area contributed by atoms with Crippen molar-refractivity contribution in [3.8, 4) is 0 Å². The smallest absolute Gasteiger partial charge is 0.240 e. The molecule has 1 N–H and O–H groups in total. The number of likely N-dealkylation sites (tertiary alicyclic amines) is 2. The Morgan fingerprint density at radius 1 is 1.12 bits per heavy atom. The first-order valence-corrected chi connectivity index (χ1v) is 9.77. The number of fused-ring (bicyclic) bond motifs is 1. The summed E-state index contributed by atoms with van der Waals surface area (Å²) in [5.41, 5.74) is 0.913. The zero-order valence-corrected chi connectivity index (χ0v) is 15.9. The third kappa shape index (κ3) is 3.36. The standard InChI is InChI=1S/C22H29N3O/c1-22(21(26)23-20-9-12-24(2)13-10-20)11-14-25(22)16-17-7-8-18-5-3-4-6-19(18)15-17/h3-8,15,20H,9-14,16H2,1-2H3,(H,23,26). The van der Waals surface area contributed by atoms with Gasteiger partial charge in [-0.05, 0) is 68.7 Å². The van der Waals surface area contributed by atoms with Crippen molar-refractivity contribution in [2.75, 3.05) is 26.7 Å². The van der Waals surface area contributed by atoms with E-state index in [2.05, 4.69) is 71.6 Å².